The molecule has 0 fully saturated rings. The summed E-state index contributed by atoms with van der Waals surface area (Å²) in [6.07, 6.45) is 1.24. The summed E-state index contributed by atoms with van der Waals surface area (Å²) in [7, 11) is 1.84. The molecule has 0 aliphatic carbocycles. The van der Waals surface area contributed by atoms with Gasteiger partial charge < -0.3 is 15.2 Å². The average Bonchev–Trinajstić information content (AvgIpc) is 2.84. The lowest BCUT2D eigenvalue weighted by molar-refractivity contribution is 0.173. The summed E-state index contributed by atoms with van der Waals surface area (Å²) in [6.45, 7) is 5.03. The van der Waals surface area contributed by atoms with E-state index in [0.717, 1.165) is 17.0 Å². The summed E-state index contributed by atoms with van der Waals surface area (Å²) < 4.78 is 7.34. The Morgan fingerprint density at radius 2 is 2.19 bits per heavy atom. The van der Waals surface area contributed by atoms with Crippen LogP contribution in [0.25, 0.3) is 0 Å². The summed E-state index contributed by atoms with van der Waals surface area (Å²) in [4.78, 5) is 0. The Morgan fingerprint density at radius 3 is 2.86 bits per heavy atom. The Kier molecular flexibility index (Phi) is 5.30. The molecular formula is C15H22N4O2. The van der Waals surface area contributed by atoms with Gasteiger partial charge in [-0.25, -0.2) is 0 Å². The summed E-state index contributed by atoms with van der Waals surface area (Å²) in [5.74, 6) is 0.775. The van der Waals surface area contributed by atoms with Crippen molar-refractivity contribution in [3.8, 4) is 5.75 Å². The number of nitrogens with one attached hydrogen (secondary N) is 1. The van der Waals surface area contributed by atoms with E-state index >= 15 is 0 Å². The molecule has 2 N–H and O–H groups in total. The number of hydrogen-bond acceptors (Lipinski definition) is 5. The first-order chi connectivity index (χ1) is 10.1. The van der Waals surface area contributed by atoms with E-state index in [0.29, 0.717) is 13.1 Å². The van der Waals surface area contributed by atoms with Crippen LogP contribution in [0.15, 0.2) is 30.5 Å². The minimum absolute atomic E-state index is 0.118. The van der Waals surface area contributed by atoms with Crippen LogP contribution in [0.4, 0.5) is 0 Å². The highest BCUT2D eigenvalue weighted by molar-refractivity contribution is 5.30. The maximum Gasteiger partial charge on any atom is 0.120 e. The predicted octanol–water partition coefficient (Wildman–Crippen LogP) is 1.43. The van der Waals surface area contributed by atoms with Crippen molar-refractivity contribution in [1.82, 2.24) is 20.3 Å². The van der Waals surface area contributed by atoms with E-state index in [1.54, 1.807) is 10.9 Å². The van der Waals surface area contributed by atoms with Gasteiger partial charge in [0, 0.05) is 20.1 Å². The van der Waals surface area contributed by atoms with Crippen LogP contribution in [0.2, 0.25) is 0 Å². The monoisotopic (exact) mass is 290 g/mol. The number of ether oxygens (including phenoxy) is 1. The largest absolute Gasteiger partial charge is 0.491 e. The molecular weight excluding hydrogens is 268 g/mol. The normalized spacial score (nSPS) is 12.6. The molecule has 1 unspecified atom stereocenters. The zero-order chi connectivity index (χ0) is 15.2. The van der Waals surface area contributed by atoms with Crippen molar-refractivity contribution in [2.24, 2.45) is 7.05 Å². The lowest BCUT2D eigenvalue weighted by atomic mass is 10.1. The molecule has 0 radical (unpaired) electrons. The van der Waals surface area contributed by atoms with Crippen molar-refractivity contribution in [3.05, 3.63) is 41.7 Å². The molecule has 0 aliphatic rings. The van der Waals surface area contributed by atoms with E-state index in [-0.39, 0.29) is 6.10 Å². The van der Waals surface area contributed by atoms with Crippen LogP contribution >= 0.6 is 0 Å². The number of benzene rings is 1. The summed E-state index contributed by atoms with van der Waals surface area (Å²) in [5.41, 5.74) is 1.81. The van der Waals surface area contributed by atoms with E-state index < -0.39 is 6.10 Å². The molecule has 21 heavy (non-hydrogen) atoms. The van der Waals surface area contributed by atoms with Gasteiger partial charge in [0.2, 0.25) is 0 Å². The van der Waals surface area contributed by atoms with Gasteiger partial charge in [-0.3, -0.25) is 4.68 Å². The maximum absolute atomic E-state index is 10.2. The zero-order valence-electron chi connectivity index (χ0n) is 12.7. The van der Waals surface area contributed by atoms with E-state index in [4.69, 9.17) is 4.74 Å². The average molecular weight is 290 g/mol. The first-order valence-corrected chi connectivity index (χ1v) is 7.05. The number of nitrogens with zero attached hydrogens (tertiary/aromatic N) is 3. The zero-order valence-corrected chi connectivity index (χ0v) is 12.7. The fourth-order valence-electron chi connectivity index (χ4n) is 1.99. The Balaban J connectivity index is 1.88. The third-order valence-electron chi connectivity index (χ3n) is 3.07. The van der Waals surface area contributed by atoms with Crippen LogP contribution in [0.1, 0.15) is 31.2 Å². The number of aryl methyl sites for hydroxylation is 1. The van der Waals surface area contributed by atoms with E-state index in [2.05, 4.69) is 15.6 Å². The molecule has 6 nitrogen and oxygen atoms in total. The van der Waals surface area contributed by atoms with Crippen LogP contribution in [-0.4, -0.2) is 32.7 Å². The highest BCUT2D eigenvalue weighted by Crippen LogP contribution is 2.19. The van der Waals surface area contributed by atoms with Crippen molar-refractivity contribution >= 4 is 0 Å². The molecule has 1 aromatic carbocycles. The molecule has 0 saturated heterocycles. The van der Waals surface area contributed by atoms with E-state index in [1.807, 2.05) is 45.2 Å². The topological polar surface area (TPSA) is 72.2 Å². The fourth-order valence-corrected chi connectivity index (χ4v) is 1.99. The maximum atomic E-state index is 10.2. The molecule has 1 heterocycles. The van der Waals surface area contributed by atoms with Gasteiger partial charge in [0.1, 0.15) is 5.75 Å². The van der Waals surface area contributed by atoms with Crippen molar-refractivity contribution in [2.75, 3.05) is 6.54 Å². The molecule has 114 valence electrons. The van der Waals surface area contributed by atoms with Crippen molar-refractivity contribution in [2.45, 2.75) is 32.6 Å². The molecule has 0 aliphatic heterocycles. The molecule has 0 amide bonds. The predicted molar refractivity (Wildman–Crippen MR) is 79.9 cm³/mol. The second kappa shape index (κ2) is 7.19. The molecule has 0 spiro atoms. The SMILES string of the molecule is CC(C)Oc1cccc(C(O)CNCc2cnnn2C)c1. The van der Waals surface area contributed by atoms with Crippen LogP contribution in [0.5, 0.6) is 5.75 Å². The van der Waals surface area contributed by atoms with E-state index in [9.17, 15) is 5.11 Å². The fraction of sp³-hybridized carbons (Fsp3) is 0.467. The lowest BCUT2D eigenvalue weighted by Gasteiger charge is -2.15. The van der Waals surface area contributed by atoms with Crippen molar-refractivity contribution in [3.63, 3.8) is 0 Å². The van der Waals surface area contributed by atoms with Crippen molar-refractivity contribution in [1.29, 1.82) is 0 Å². The second-order valence-electron chi connectivity index (χ2n) is 5.23. The summed E-state index contributed by atoms with van der Waals surface area (Å²) in [5, 5.41) is 21.1. The minimum Gasteiger partial charge on any atom is -0.491 e. The number of rotatable bonds is 7. The highest BCUT2D eigenvalue weighted by atomic mass is 16.5. The Morgan fingerprint density at radius 1 is 1.38 bits per heavy atom. The van der Waals surface area contributed by atoms with Gasteiger partial charge in [-0.1, -0.05) is 17.3 Å². The second-order valence-corrected chi connectivity index (χ2v) is 5.23. The Labute approximate surface area is 124 Å². The molecule has 1 aromatic heterocycles. The molecule has 2 rings (SSSR count). The first kappa shape index (κ1) is 15.5. The van der Waals surface area contributed by atoms with Gasteiger partial charge in [0.25, 0.3) is 0 Å². The smallest absolute Gasteiger partial charge is 0.120 e. The molecule has 6 heteroatoms. The van der Waals surface area contributed by atoms with Crippen LogP contribution in [-0.2, 0) is 13.6 Å². The van der Waals surface area contributed by atoms with Crippen LogP contribution in [0.3, 0.4) is 0 Å². The molecule has 0 saturated carbocycles. The van der Waals surface area contributed by atoms with Gasteiger partial charge in [-0.05, 0) is 31.5 Å². The van der Waals surface area contributed by atoms with Gasteiger partial charge in [0.15, 0.2) is 0 Å². The number of aromatic nitrogens is 3. The lowest BCUT2D eigenvalue weighted by Crippen LogP contribution is -2.22. The van der Waals surface area contributed by atoms with Crippen LogP contribution < -0.4 is 10.1 Å². The minimum atomic E-state index is -0.582. The highest BCUT2D eigenvalue weighted by Gasteiger charge is 2.09. The quantitative estimate of drug-likeness (QED) is 0.807. The third kappa shape index (κ3) is 4.54. The van der Waals surface area contributed by atoms with Gasteiger partial charge >= 0.3 is 0 Å². The summed E-state index contributed by atoms with van der Waals surface area (Å²) >= 11 is 0. The Bertz CT molecular complexity index is 568. The Hall–Kier alpha value is -1.92. The first-order valence-electron chi connectivity index (χ1n) is 7.05. The molecule has 2 aromatic rings. The summed E-state index contributed by atoms with van der Waals surface area (Å²) in [6, 6.07) is 7.55. The molecule has 1 atom stereocenters. The van der Waals surface area contributed by atoms with Gasteiger partial charge in [-0.2, -0.15) is 0 Å². The molecule has 0 bridgehead atoms. The van der Waals surface area contributed by atoms with Gasteiger partial charge in [0.05, 0.1) is 24.1 Å². The van der Waals surface area contributed by atoms with Crippen LogP contribution in [0, 0.1) is 0 Å². The number of aliphatic hydroxyl groups is 1. The third-order valence-corrected chi connectivity index (χ3v) is 3.07. The standard InChI is InChI=1S/C15H22N4O2/c1-11(2)21-14-6-4-5-12(7-14)15(20)10-16-8-13-9-17-18-19(13)3/h4-7,9,11,15-16,20H,8,10H2,1-3H3. The number of hydrogen-bond donors (Lipinski definition) is 2. The van der Waals surface area contributed by atoms with Crippen molar-refractivity contribution < 1.29 is 9.84 Å². The van der Waals surface area contributed by atoms with E-state index in [1.165, 1.54) is 0 Å². The number of aliphatic hydroxyl groups excluding tert-OH is 1. The van der Waals surface area contributed by atoms with Gasteiger partial charge in [-0.15, -0.1) is 5.10 Å².